The third-order valence-electron chi connectivity index (χ3n) is 4.09. The minimum Gasteiger partial charge on any atom is -0.477 e. The number of fused-ring (bicyclic) bond motifs is 1. The molecular formula is C16H17N5O5S2. The molecule has 2 atom stereocenters. The van der Waals surface area contributed by atoms with E-state index in [0.717, 1.165) is 11.3 Å². The number of rotatable bonds is 7. The molecule has 3 heterocycles. The number of allylic oxidation sites excluding steroid dienone is 1. The minimum atomic E-state index is -1.18. The molecule has 1 fully saturated rings. The number of nitrogens with one attached hydrogen (secondary N) is 1. The van der Waals surface area contributed by atoms with Gasteiger partial charge in [-0.1, -0.05) is 11.2 Å². The molecule has 2 aliphatic rings. The molecule has 12 heteroatoms. The fraction of sp³-hybridized carbons (Fsp3) is 0.312. The van der Waals surface area contributed by atoms with Gasteiger partial charge in [-0.05, 0) is 12.0 Å². The van der Waals surface area contributed by atoms with Crippen LogP contribution >= 0.6 is 23.1 Å². The Hall–Kier alpha value is -2.86. The van der Waals surface area contributed by atoms with Gasteiger partial charge in [-0.3, -0.25) is 14.5 Å². The second-order valence-corrected chi connectivity index (χ2v) is 7.80. The van der Waals surface area contributed by atoms with Gasteiger partial charge in [-0.2, -0.15) is 0 Å². The van der Waals surface area contributed by atoms with Crippen LogP contribution in [0, 0.1) is 0 Å². The molecule has 0 radical (unpaired) electrons. The topological polar surface area (TPSA) is 147 Å². The van der Waals surface area contributed by atoms with Gasteiger partial charge in [0, 0.05) is 11.1 Å². The Kier molecular flexibility index (Phi) is 5.70. The second-order valence-electron chi connectivity index (χ2n) is 5.80. The van der Waals surface area contributed by atoms with E-state index >= 15 is 0 Å². The number of amides is 2. The van der Waals surface area contributed by atoms with Crippen molar-refractivity contribution in [2.75, 3.05) is 18.6 Å². The van der Waals surface area contributed by atoms with Crippen molar-refractivity contribution in [2.24, 2.45) is 5.16 Å². The van der Waals surface area contributed by atoms with E-state index in [0.29, 0.717) is 17.7 Å². The van der Waals surface area contributed by atoms with Crippen LogP contribution in [-0.4, -0.2) is 62.8 Å². The molecule has 0 aliphatic carbocycles. The van der Waals surface area contributed by atoms with Crippen LogP contribution in [0.25, 0.3) is 0 Å². The number of hydrogen-bond acceptors (Lipinski definition) is 9. The molecule has 2 unspecified atom stereocenters. The lowest BCUT2D eigenvalue weighted by Gasteiger charge is -2.49. The first-order chi connectivity index (χ1) is 13.4. The standard InChI is InChI=1S/C16H17N5O5S2/c1-3-4-7-5-27-14-10(13(23)21(14)11(7)15(24)25)19-12(22)9(20-26-2)8-6-28-16(17)18-8/h3,6,10,14H,1,4-5H2,2H3,(H2,17,18)(H,19,22)(H,24,25)/b20-9-. The summed E-state index contributed by atoms with van der Waals surface area (Å²) >= 11 is 2.51. The van der Waals surface area contributed by atoms with Crippen molar-refractivity contribution in [3.8, 4) is 0 Å². The maximum absolute atomic E-state index is 12.6. The largest absolute Gasteiger partial charge is 0.477 e. The highest BCUT2D eigenvalue weighted by Crippen LogP contribution is 2.41. The number of thioether (sulfide) groups is 1. The van der Waals surface area contributed by atoms with Crippen LogP contribution in [0.1, 0.15) is 12.1 Å². The fourth-order valence-corrected chi connectivity index (χ4v) is 4.83. The fourth-order valence-electron chi connectivity index (χ4n) is 2.92. The number of hydrogen-bond donors (Lipinski definition) is 3. The number of nitrogen functional groups attached to an aromatic ring is 1. The molecule has 0 saturated carbocycles. The smallest absolute Gasteiger partial charge is 0.352 e. The lowest BCUT2D eigenvalue weighted by molar-refractivity contribution is -0.150. The number of nitrogens with zero attached hydrogens (tertiary/aromatic N) is 3. The van der Waals surface area contributed by atoms with E-state index < -0.39 is 29.2 Å². The summed E-state index contributed by atoms with van der Waals surface area (Å²) in [5, 5.41) is 17.1. The Labute approximate surface area is 168 Å². The zero-order chi connectivity index (χ0) is 20.4. The summed E-state index contributed by atoms with van der Waals surface area (Å²) in [5.74, 6) is -1.92. The van der Waals surface area contributed by atoms with E-state index in [1.54, 1.807) is 11.5 Å². The molecule has 0 bridgehead atoms. The zero-order valence-corrected chi connectivity index (χ0v) is 16.4. The van der Waals surface area contributed by atoms with Crippen LogP contribution in [-0.2, 0) is 19.2 Å². The number of aliphatic carboxylic acids is 1. The molecule has 0 spiro atoms. The molecule has 148 valence electrons. The number of nitrogens with two attached hydrogens (primary N) is 1. The molecule has 1 saturated heterocycles. The lowest BCUT2D eigenvalue weighted by atomic mass is 10.0. The van der Waals surface area contributed by atoms with Gasteiger partial charge >= 0.3 is 5.97 Å². The predicted octanol–water partition coefficient (Wildman–Crippen LogP) is 0.391. The average molecular weight is 423 g/mol. The van der Waals surface area contributed by atoms with Crippen molar-refractivity contribution in [2.45, 2.75) is 17.8 Å². The SMILES string of the molecule is C=CCC1=C(C(=O)O)N2C(=O)C(NC(=O)/C(=N\OC)c3csc(N)n3)C2SC1. The number of anilines is 1. The number of carboxylic acid groups (broad SMARTS) is 1. The predicted molar refractivity (Wildman–Crippen MR) is 105 cm³/mol. The minimum absolute atomic E-state index is 0.0443. The molecule has 10 nitrogen and oxygen atoms in total. The summed E-state index contributed by atoms with van der Waals surface area (Å²) in [4.78, 5) is 46.8. The van der Waals surface area contributed by atoms with E-state index in [9.17, 15) is 19.5 Å². The second kappa shape index (κ2) is 8.02. The average Bonchev–Trinajstić information content (AvgIpc) is 3.09. The van der Waals surface area contributed by atoms with Gasteiger partial charge in [-0.25, -0.2) is 9.78 Å². The van der Waals surface area contributed by atoms with E-state index in [1.807, 2.05) is 0 Å². The normalized spacial score (nSPS) is 21.7. The van der Waals surface area contributed by atoms with E-state index in [2.05, 4.69) is 22.0 Å². The van der Waals surface area contributed by atoms with Crippen molar-refractivity contribution < 1.29 is 24.3 Å². The van der Waals surface area contributed by atoms with Crippen LogP contribution in [0.4, 0.5) is 5.13 Å². The molecule has 3 rings (SSSR count). The number of aromatic nitrogens is 1. The van der Waals surface area contributed by atoms with Gasteiger partial charge in [0.1, 0.15) is 29.9 Å². The van der Waals surface area contributed by atoms with Crippen molar-refractivity contribution in [3.05, 3.63) is 35.0 Å². The summed E-state index contributed by atoms with van der Waals surface area (Å²) in [5.41, 5.74) is 6.26. The van der Waals surface area contributed by atoms with Gasteiger partial charge in [-0.15, -0.1) is 29.7 Å². The molecule has 2 aliphatic heterocycles. The Morgan fingerprint density at radius 3 is 2.93 bits per heavy atom. The van der Waals surface area contributed by atoms with E-state index in [4.69, 9.17) is 10.6 Å². The van der Waals surface area contributed by atoms with Crippen LogP contribution < -0.4 is 11.1 Å². The van der Waals surface area contributed by atoms with Crippen molar-refractivity contribution in [1.82, 2.24) is 15.2 Å². The highest BCUT2D eigenvalue weighted by atomic mass is 32.2. The van der Waals surface area contributed by atoms with Crippen LogP contribution in [0.15, 0.2) is 34.5 Å². The zero-order valence-electron chi connectivity index (χ0n) is 14.7. The van der Waals surface area contributed by atoms with Gasteiger partial charge in [0.25, 0.3) is 11.8 Å². The third kappa shape index (κ3) is 3.47. The Morgan fingerprint density at radius 1 is 1.61 bits per heavy atom. The van der Waals surface area contributed by atoms with Gasteiger partial charge in [0.2, 0.25) is 0 Å². The first-order valence-corrected chi connectivity index (χ1v) is 9.96. The summed E-state index contributed by atoms with van der Waals surface area (Å²) in [6.45, 7) is 3.62. The Balaban J connectivity index is 1.79. The number of thiazole rings is 1. The van der Waals surface area contributed by atoms with Crippen molar-refractivity contribution in [1.29, 1.82) is 0 Å². The Bertz CT molecular complexity index is 909. The summed E-state index contributed by atoms with van der Waals surface area (Å²) < 4.78 is 0. The lowest BCUT2D eigenvalue weighted by Crippen LogP contribution is -2.71. The van der Waals surface area contributed by atoms with Crippen LogP contribution in [0.3, 0.4) is 0 Å². The van der Waals surface area contributed by atoms with Crippen LogP contribution in [0.2, 0.25) is 0 Å². The van der Waals surface area contributed by atoms with Crippen molar-refractivity contribution in [3.63, 3.8) is 0 Å². The van der Waals surface area contributed by atoms with E-state index in [1.165, 1.54) is 23.8 Å². The summed E-state index contributed by atoms with van der Waals surface area (Å²) in [7, 11) is 1.28. The van der Waals surface area contributed by atoms with E-state index in [-0.39, 0.29) is 22.2 Å². The number of carbonyl (C=O) groups is 3. The molecule has 1 aromatic heterocycles. The highest BCUT2D eigenvalue weighted by Gasteiger charge is 2.54. The number of carbonyl (C=O) groups excluding carboxylic acids is 2. The number of carboxylic acids is 1. The molecular weight excluding hydrogens is 406 g/mol. The quantitative estimate of drug-likeness (QED) is 0.247. The molecule has 4 N–H and O–H groups in total. The van der Waals surface area contributed by atoms with Crippen LogP contribution in [0.5, 0.6) is 0 Å². The number of β-lactam (4-membered cyclic amide) rings is 1. The first-order valence-electron chi connectivity index (χ1n) is 8.03. The summed E-state index contributed by atoms with van der Waals surface area (Å²) in [6.07, 6.45) is 1.97. The third-order valence-corrected chi connectivity index (χ3v) is 6.10. The maximum atomic E-state index is 12.6. The molecule has 1 aromatic rings. The maximum Gasteiger partial charge on any atom is 0.352 e. The van der Waals surface area contributed by atoms with Gasteiger partial charge in [0.15, 0.2) is 10.8 Å². The monoisotopic (exact) mass is 423 g/mol. The molecule has 28 heavy (non-hydrogen) atoms. The highest BCUT2D eigenvalue weighted by molar-refractivity contribution is 8.00. The number of oxime groups is 1. The first kappa shape index (κ1) is 19.9. The molecule has 0 aromatic carbocycles. The summed E-state index contributed by atoms with van der Waals surface area (Å²) in [6, 6.07) is -0.879. The van der Waals surface area contributed by atoms with Crippen molar-refractivity contribution >= 4 is 51.7 Å². The van der Waals surface area contributed by atoms with Gasteiger partial charge in [0.05, 0.1) is 0 Å². The Morgan fingerprint density at radius 2 is 2.36 bits per heavy atom. The van der Waals surface area contributed by atoms with Gasteiger partial charge < -0.3 is 21.0 Å². The molecule has 2 amide bonds.